The van der Waals surface area contributed by atoms with Gasteiger partial charge in [-0.25, -0.2) is 0 Å². The smallest absolute Gasteiger partial charge is 0.236 e. The van der Waals surface area contributed by atoms with Crippen LogP contribution in [0.25, 0.3) is 0 Å². The monoisotopic (exact) mass is 232 g/mol. The number of methoxy groups -OCH3 is 1. The molecule has 1 unspecified atom stereocenters. The summed E-state index contributed by atoms with van der Waals surface area (Å²) in [5.74, 6) is -0.169. The Kier molecular flexibility index (Phi) is 7.29. The number of hydrogen-bond donors (Lipinski definition) is 3. The van der Waals surface area contributed by atoms with Crippen molar-refractivity contribution in [2.24, 2.45) is 11.1 Å². The molecule has 96 valence electrons. The van der Waals surface area contributed by atoms with Crippen molar-refractivity contribution in [3.8, 4) is 0 Å². The van der Waals surface area contributed by atoms with Gasteiger partial charge in [0.1, 0.15) is 0 Å². The van der Waals surface area contributed by atoms with E-state index in [9.17, 15) is 4.79 Å². The molecule has 0 fully saturated rings. The number of ether oxygens (including phenoxy) is 1. The van der Waals surface area contributed by atoms with Gasteiger partial charge >= 0.3 is 0 Å². The quantitative estimate of drug-likeness (QED) is 0.509. The van der Waals surface area contributed by atoms with Gasteiger partial charge in [-0.1, -0.05) is 13.8 Å². The Hall–Kier alpha value is -0.650. The predicted octanol–water partition coefficient (Wildman–Crippen LogP) is -0.125. The molecule has 4 N–H and O–H groups in total. The minimum Gasteiger partial charge on any atom is -0.396 e. The molecule has 0 aromatic rings. The van der Waals surface area contributed by atoms with E-state index in [4.69, 9.17) is 15.6 Å². The first-order valence-electron chi connectivity index (χ1n) is 5.56. The number of rotatable bonds is 8. The van der Waals surface area contributed by atoms with Crippen molar-refractivity contribution in [2.45, 2.75) is 32.7 Å². The lowest BCUT2D eigenvalue weighted by molar-refractivity contribution is -0.123. The summed E-state index contributed by atoms with van der Waals surface area (Å²) in [7, 11) is 1.62. The maximum Gasteiger partial charge on any atom is 0.236 e. The van der Waals surface area contributed by atoms with Gasteiger partial charge in [-0.15, -0.1) is 0 Å². The number of aliphatic hydroxyl groups is 1. The van der Waals surface area contributed by atoms with E-state index in [1.54, 1.807) is 7.11 Å². The molecule has 1 atom stereocenters. The van der Waals surface area contributed by atoms with Crippen LogP contribution in [0.4, 0.5) is 0 Å². The number of hydrogen-bond acceptors (Lipinski definition) is 4. The van der Waals surface area contributed by atoms with Gasteiger partial charge in [0.15, 0.2) is 0 Å². The third kappa shape index (κ3) is 6.76. The molecule has 16 heavy (non-hydrogen) atoms. The van der Waals surface area contributed by atoms with Crippen LogP contribution in [0, 0.1) is 5.41 Å². The van der Waals surface area contributed by atoms with Crippen LogP contribution in [0.3, 0.4) is 0 Å². The third-order valence-electron chi connectivity index (χ3n) is 2.37. The zero-order chi connectivity index (χ0) is 12.6. The van der Waals surface area contributed by atoms with Crippen LogP contribution in [0.1, 0.15) is 26.7 Å². The Balaban J connectivity index is 3.79. The fraction of sp³-hybridized carbons (Fsp3) is 0.909. The van der Waals surface area contributed by atoms with Crippen molar-refractivity contribution in [3.05, 3.63) is 0 Å². The first kappa shape index (κ1) is 15.3. The number of aliphatic hydroxyl groups excluding tert-OH is 1. The first-order valence-corrected chi connectivity index (χ1v) is 5.56. The molecule has 0 saturated carbocycles. The van der Waals surface area contributed by atoms with Crippen LogP contribution in [0.15, 0.2) is 0 Å². The second kappa shape index (κ2) is 7.60. The highest BCUT2D eigenvalue weighted by Gasteiger charge is 2.19. The van der Waals surface area contributed by atoms with E-state index in [1.807, 2.05) is 13.8 Å². The van der Waals surface area contributed by atoms with E-state index in [1.165, 1.54) is 0 Å². The molecule has 0 rings (SSSR count). The van der Waals surface area contributed by atoms with Crippen LogP contribution < -0.4 is 11.1 Å². The minimum absolute atomic E-state index is 0.0339. The van der Waals surface area contributed by atoms with Gasteiger partial charge in [0.25, 0.3) is 0 Å². The van der Waals surface area contributed by atoms with Crippen molar-refractivity contribution >= 4 is 5.91 Å². The van der Waals surface area contributed by atoms with Gasteiger partial charge in [-0.05, 0) is 12.8 Å². The fourth-order valence-electron chi connectivity index (χ4n) is 1.09. The Morgan fingerprint density at radius 2 is 2.19 bits per heavy atom. The second-order valence-electron chi connectivity index (χ2n) is 4.78. The average Bonchev–Trinajstić information content (AvgIpc) is 2.26. The van der Waals surface area contributed by atoms with E-state index in [0.29, 0.717) is 19.6 Å². The lowest BCUT2D eigenvalue weighted by Crippen LogP contribution is -2.44. The first-order chi connectivity index (χ1) is 7.43. The number of amides is 1. The van der Waals surface area contributed by atoms with Crippen molar-refractivity contribution in [3.63, 3.8) is 0 Å². The summed E-state index contributed by atoms with van der Waals surface area (Å²) in [6.45, 7) is 4.84. The zero-order valence-corrected chi connectivity index (χ0v) is 10.5. The number of carbonyl (C=O) groups is 1. The van der Waals surface area contributed by atoms with E-state index in [2.05, 4.69) is 5.32 Å². The molecule has 5 heteroatoms. The minimum atomic E-state index is -0.496. The normalized spacial score (nSPS) is 13.6. The molecule has 0 aliphatic heterocycles. The molecule has 0 aliphatic carbocycles. The largest absolute Gasteiger partial charge is 0.396 e. The third-order valence-corrected chi connectivity index (χ3v) is 2.37. The van der Waals surface area contributed by atoms with Crippen LogP contribution in [0.5, 0.6) is 0 Å². The summed E-state index contributed by atoms with van der Waals surface area (Å²) in [6, 6.07) is -0.496. The molecule has 0 heterocycles. The highest BCUT2D eigenvalue weighted by Crippen LogP contribution is 2.11. The van der Waals surface area contributed by atoms with Gasteiger partial charge in [-0.2, -0.15) is 0 Å². The summed E-state index contributed by atoms with van der Waals surface area (Å²) < 4.78 is 4.88. The lowest BCUT2D eigenvalue weighted by atomic mass is 9.95. The van der Waals surface area contributed by atoms with E-state index < -0.39 is 6.04 Å². The fourth-order valence-corrected chi connectivity index (χ4v) is 1.09. The maximum absolute atomic E-state index is 11.5. The molecule has 0 aromatic heterocycles. The summed E-state index contributed by atoms with van der Waals surface area (Å²) in [5, 5.41) is 11.8. The van der Waals surface area contributed by atoms with E-state index in [0.717, 1.165) is 6.42 Å². The maximum atomic E-state index is 11.5. The van der Waals surface area contributed by atoms with Crippen LogP contribution >= 0.6 is 0 Å². The number of nitrogens with two attached hydrogens (primary N) is 1. The zero-order valence-electron chi connectivity index (χ0n) is 10.5. The molecule has 0 radical (unpaired) electrons. The van der Waals surface area contributed by atoms with Crippen molar-refractivity contribution in [2.75, 3.05) is 26.9 Å². The SMILES string of the molecule is COCCCC(N)C(=O)NCC(C)(C)CO. The van der Waals surface area contributed by atoms with E-state index >= 15 is 0 Å². The van der Waals surface area contributed by atoms with Crippen LogP contribution in [-0.4, -0.2) is 43.9 Å². The van der Waals surface area contributed by atoms with Crippen molar-refractivity contribution in [1.29, 1.82) is 0 Å². The highest BCUT2D eigenvalue weighted by molar-refractivity contribution is 5.81. The molecular formula is C11H24N2O3. The average molecular weight is 232 g/mol. The second-order valence-corrected chi connectivity index (χ2v) is 4.78. The Labute approximate surface area is 97.3 Å². The predicted molar refractivity (Wildman–Crippen MR) is 63.0 cm³/mol. The molecule has 5 nitrogen and oxygen atoms in total. The van der Waals surface area contributed by atoms with Gasteiger partial charge in [0, 0.05) is 32.3 Å². The standard InChI is InChI=1S/C11H24N2O3/c1-11(2,8-14)7-13-10(15)9(12)5-4-6-16-3/h9,14H,4-8,12H2,1-3H3,(H,13,15). The van der Waals surface area contributed by atoms with Gasteiger partial charge in [0.2, 0.25) is 5.91 Å². The number of nitrogens with one attached hydrogen (secondary N) is 1. The summed E-state index contributed by atoms with van der Waals surface area (Å²) in [4.78, 5) is 11.5. The molecular weight excluding hydrogens is 208 g/mol. The molecule has 0 aliphatic rings. The Morgan fingerprint density at radius 1 is 1.56 bits per heavy atom. The number of carbonyl (C=O) groups excluding carboxylic acids is 1. The molecule has 1 amide bonds. The van der Waals surface area contributed by atoms with Crippen molar-refractivity contribution in [1.82, 2.24) is 5.32 Å². The van der Waals surface area contributed by atoms with Crippen molar-refractivity contribution < 1.29 is 14.6 Å². The van der Waals surface area contributed by atoms with Gasteiger partial charge < -0.3 is 20.9 Å². The Bertz CT molecular complexity index is 207. The van der Waals surface area contributed by atoms with Gasteiger partial charge in [-0.3, -0.25) is 4.79 Å². The molecule has 0 saturated heterocycles. The Morgan fingerprint density at radius 3 is 2.69 bits per heavy atom. The van der Waals surface area contributed by atoms with Gasteiger partial charge in [0.05, 0.1) is 6.04 Å². The summed E-state index contributed by atoms with van der Waals surface area (Å²) >= 11 is 0. The summed E-state index contributed by atoms with van der Waals surface area (Å²) in [6.07, 6.45) is 1.38. The lowest BCUT2D eigenvalue weighted by Gasteiger charge is -2.23. The van der Waals surface area contributed by atoms with Crippen LogP contribution in [0.2, 0.25) is 0 Å². The topological polar surface area (TPSA) is 84.6 Å². The molecule has 0 aromatic carbocycles. The summed E-state index contributed by atoms with van der Waals surface area (Å²) in [5.41, 5.74) is 5.40. The highest BCUT2D eigenvalue weighted by atomic mass is 16.5. The molecule has 0 spiro atoms. The molecule has 0 bridgehead atoms. The van der Waals surface area contributed by atoms with E-state index in [-0.39, 0.29) is 17.9 Å². The van der Waals surface area contributed by atoms with Crippen LogP contribution in [-0.2, 0) is 9.53 Å².